The molecule has 0 aromatic heterocycles. The standard InChI is InChI=1S/C13H26N2O2/c1-9(2)12(16)11(7-5-6-8-14)15-13(17)10(3)4/h9-11H,5-8,14H2,1-4H3,(H,15,17). The molecule has 4 nitrogen and oxygen atoms in total. The highest BCUT2D eigenvalue weighted by atomic mass is 16.2. The van der Waals surface area contributed by atoms with Crippen LogP contribution in [0.3, 0.4) is 0 Å². The minimum absolute atomic E-state index is 0.0506. The summed E-state index contributed by atoms with van der Waals surface area (Å²) in [4.78, 5) is 23.6. The van der Waals surface area contributed by atoms with Crippen LogP contribution < -0.4 is 11.1 Å². The Morgan fingerprint density at radius 3 is 2.06 bits per heavy atom. The number of rotatable bonds is 8. The molecule has 0 aromatic carbocycles. The number of carbonyl (C=O) groups excluding carboxylic acids is 2. The van der Waals surface area contributed by atoms with Gasteiger partial charge in [0.25, 0.3) is 0 Å². The van der Waals surface area contributed by atoms with Crippen LogP contribution in [0.4, 0.5) is 0 Å². The van der Waals surface area contributed by atoms with Gasteiger partial charge in [0.1, 0.15) is 0 Å². The van der Waals surface area contributed by atoms with Gasteiger partial charge in [-0.1, -0.05) is 27.7 Å². The van der Waals surface area contributed by atoms with E-state index in [0.717, 1.165) is 12.8 Å². The highest BCUT2D eigenvalue weighted by Crippen LogP contribution is 2.08. The summed E-state index contributed by atoms with van der Waals surface area (Å²) >= 11 is 0. The number of carbonyl (C=O) groups is 2. The summed E-state index contributed by atoms with van der Waals surface area (Å²) in [6.07, 6.45) is 2.45. The number of nitrogens with two attached hydrogens (primary N) is 1. The predicted molar refractivity (Wildman–Crippen MR) is 69.5 cm³/mol. The molecule has 0 rings (SSSR count). The maximum absolute atomic E-state index is 11.9. The van der Waals surface area contributed by atoms with Crippen molar-refractivity contribution >= 4 is 11.7 Å². The van der Waals surface area contributed by atoms with Gasteiger partial charge in [0.2, 0.25) is 5.91 Å². The van der Waals surface area contributed by atoms with E-state index in [1.807, 2.05) is 27.7 Å². The summed E-state index contributed by atoms with van der Waals surface area (Å²) in [6.45, 7) is 8.00. The quantitative estimate of drug-likeness (QED) is 0.633. The van der Waals surface area contributed by atoms with Gasteiger partial charge in [0.15, 0.2) is 5.78 Å². The van der Waals surface area contributed by atoms with Gasteiger partial charge in [0.05, 0.1) is 6.04 Å². The van der Waals surface area contributed by atoms with Crippen molar-refractivity contribution in [2.75, 3.05) is 6.54 Å². The molecule has 0 radical (unpaired) electrons. The molecule has 0 saturated carbocycles. The maximum atomic E-state index is 11.9. The van der Waals surface area contributed by atoms with E-state index >= 15 is 0 Å². The average molecular weight is 242 g/mol. The Kier molecular flexibility index (Phi) is 7.79. The van der Waals surface area contributed by atoms with E-state index in [1.165, 1.54) is 0 Å². The fourth-order valence-corrected chi connectivity index (χ4v) is 1.52. The zero-order valence-electron chi connectivity index (χ0n) is 11.5. The molecule has 0 aliphatic carbocycles. The van der Waals surface area contributed by atoms with Crippen molar-refractivity contribution < 1.29 is 9.59 Å². The second kappa shape index (κ2) is 8.23. The van der Waals surface area contributed by atoms with Crippen molar-refractivity contribution in [3.63, 3.8) is 0 Å². The van der Waals surface area contributed by atoms with Crippen molar-refractivity contribution in [1.29, 1.82) is 0 Å². The number of hydrogen-bond donors (Lipinski definition) is 2. The van der Waals surface area contributed by atoms with Crippen molar-refractivity contribution in [3.8, 4) is 0 Å². The Bertz CT molecular complexity index is 250. The van der Waals surface area contributed by atoms with E-state index in [4.69, 9.17) is 5.73 Å². The summed E-state index contributed by atoms with van der Waals surface area (Å²) in [6, 6.07) is -0.351. The molecule has 3 N–H and O–H groups in total. The molecule has 0 aromatic rings. The van der Waals surface area contributed by atoms with Crippen LogP contribution in [0.1, 0.15) is 47.0 Å². The Morgan fingerprint density at radius 1 is 1.06 bits per heavy atom. The lowest BCUT2D eigenvalue weighted by Gasteiger charge is -2.20. The largest absolute Gasteiger partial charge is 0.346 e. The lowest BCUT2D eigenvalue weighted by Crippen LogP contribution is -2.44. The summed E-state index contributed by atoms with van der Waals surface area (Å²) in [7, 11) is 0. The number of amides is 1. The van der Waals surface area contributed by atoms with E-state index < -0.39 is 0 Å². The zero-order chi connectivity index (χ0) is 13.4. The SMILES string of the molecule is CC(C)C(=O)NC(CCCCN)C(=O)C(C)C. The molecule has 4 heteroatoms. The Morgan fingerprint density at radius 2 is 1.65 bits per heavy atom. The first-order chi connectivity index (χ1) is 7.90. The van der Waals surface area contributed by atoms with Gasteiger partial charge in [-0.25, -0.2) is 0 Å². The van der Waals surface area contributed by atoms with Crippen LogP contribution in [0, 0.1) is 11.8 Å². The van der Waals surface area contributed by atoms with Crippen LogP contribution in [-0.4, -0.2) is 24.3 Å². The highest BCUT2D eigenvalue weighted by molar-refractivity contribution is 5.90. The van der Waals surface area contributed by atoms with Crippen LogP contribution >= 0.6 is 0 Å². The van der Waals surface area contributed by atoms with E-state index in [0.29, 0.717) is 13.0 Å². The number of unbranched alkanes of at least 4 members (excludes halogenated alkanes) is 1. The lowest BCUT2D eigenvalue weighted by atomic mass is 9.96. The van der Waals surface area contributed by atoms with Crippen molar-refractivity contribution in [3.05, 3.63) is 0 Å². The van der Waals surface area contributed by atoms with Crippen molar-refractivity contribution in [1.82, 2.24) is 5.32 Å². The second-order valence-corrected chi connectivity index (χ2v) is 5.06. The fourth-order valence-electron chi connectivity index (χ4n) is 1.52. The first-order valence-electron chi connectivity index (χ1n) is 6.44. The maximum Gasteiger partial charge on any atom is 0.223 e. The normalized spacial score (nSPS) is 12.9. The summed E-state index contributed by atoms with van der Waals surface area (Å²) in [5.41, 5.74) is 5.43. The Labute approximate surface area is 104 Å². The third-order valence-corrected chi connectivity index (χ3v) is 2.70. The highest BCUT2D eigenvalue weighted by Gasteiger charge is 2.23. The monoisotopic (exact) mass is 242 g/mol. The van der Waals surface area contributed by atoms with E-state index in [9.17, 15) is 9.59 Å². The molecule has 1 atom stereocenters. The summed E-state index contributed by atoms with van der Waals surface area (Å²) < 4.78 is 0. The molecule has 0 fully saturated rings. The molecular weight excluding hydrogens is 216 g/mol. The smallest absolute Gasteiger partial charge is 0.223 e. The van der Waals surface area contributed by atoms with Crippen LogP contribution in [0.15, 0.2) is 0 Å². The minimum atomic E-state index is -0.351. The zero-order valence-corrected chi connectivity index (χ0v) is 11.5. The minimum Gasteiger partial charge on any atom is -0.346 e. The molecule has 0 bridgehead atoms. The number of nitrogens with one attached hydrogen (secondary N) is 1. The lowest BCUT2D eigenvalue weighted by molar-refractivity contribution is -0.131. The summed E-state index contributed by atoms with van der Waals surface area (Å²) in [5, 5.41) is 2.83. The van der Waals surface area contributed by atoms with Gasteiger partial charge in [0, 0.05) is 11.8 Å². The van der Waals surface area contributed by atoms with Gasteiger partial charge in [-0.2, -0.15) is 0 Å². The molecule has 0 spiro atoms. The first kappa shape index (κ1) is 16.1. The van der Waals surface area contributed by atoms with E-state index in [2.05, 4.69) is 5.32 Å². The van der Waals surface area contributed by atoms with Gasteiger partial charge >= 0.3 is 0 Å². The van der Waals surface area contributed by atoms with E-state index in [-0.39, 0.29) is 29.6 Å². The molecule has 1 unspecified atom stereocenters. The number of hydrogen-bond acceptors (Lipinski definition) is 3. The molecule has 100 valence electrons. The Balaban J connectivity index is 4.40. The molecule has 17 heavy (non-hydrogen) atoms. The van der Waals surface area contributed by atoms with Crippen LogP contribution in [0.25, 0.3) is 0 Å². The van der Waals surface area contributed by atoms with Gasteiger partial charge < -0.3 is 11.1 Å². The fraction of sp³-hybridized carbons (Fsp3) is 0.846. The van der Waals surface area contributed by atoms with Crippen LogP contribution in [0.2, 0.25) is 0 Å². The van der Waals surface area contributed by atoms with Crippen LogP contribution in [-0.2, 0) is 9.59 Å². The summed E-state index contributed by atoms with van der Waals surface area (Å²) in [5.74, 6) is -0.0925. The number of ketones is 1. The predicted octanol–water partition coefficient (Wildman–Crippen LogP) is 1.48. The molecule has 0 aliphatic heterocycles. The molecular formula is C13H26N2O2. The third-order valence-electron chi connectivity index (χ3n) is 2.70. The Hall–Kier alpha value is -0.900. The molecule has 0 aliphatic rings. The second-order valence-electron chi connectivity index (χ2n) is 5.06. The number of Topliss-reactive ketones (excluding diaryl/α,β-unsaturated/α-hetero) is 1. The first-order valence-corrected chi connectivity index (χ1v) is 6.44. The molecule has 0 heterocycles. The third kappa shape index (κ3) is 6.41. The van der Waals surface area contributed by atoms with Crippen LogP contribution in [0.5, 0.6) is 0 Å². The topological polar surface area (TPSA) is 72.2 Å². The van der Waals surface area contributed by atoms with Gasteiger partial charge in [-0.05, 0) is 25.8 Å². The van der Waals surface area contributed by atoms with Crippen molar-refractivity contribution in [2.45, 2.75) is 53.0 Å². The molecule has 1 amide bonds. The van der Waals surface area contributed by atoms with Crippen molar-refractivity contribution in [2.24, 2.45) is 17.6 Å². The van der Waals surface area contributed by atoms with Gasteiger partial charge in [-0.15, -0.1) is 0 Å². The molecule has 0 saturated heterocycles. The van der Waals surface area contributed by atoms with E-state index in [1.54, 1.807) is 0 Å². The van der Waals surface area contributed by atoms with Gasteiger partial charge in [-0.3, -0.25) is 9.59 Å². The average Bonchev–Trinajstić information content (AvgIpc) is 2.26.